The zero-order valence-electron chi connectivity index (χ0n) is 30.1. The van der Waals surface area contributed by atoms with Gasteiger partial charge in [0.05, 0.1) is 11.6 Å². The molecule has 1 saturated heterocycles. The third-order valence-corrected chi connectivity index (χ3v) is 10.0. The summed E-state index contributed by atoms with van der Waals surface area (Å²) >= 11 is 0. The Hall–Kier alpha value is -6.02. The molecular weight excluding hydrogens is 704 g/mol. The summed E-state index contributed by atoms with van der Waals surface area (Å²) in [6.45, 7) is 2.14. The molecule has 4 aromatic carbocycles. The van der Waals surface area contributed by atoms with Crippen LogP contribution in [-0.2, 0) is 21.6 Å². The van der Waals surface area contributed by atoms with Crippen LogP contribution in [0.25, 0.3) is 10.9 Å². The fraction of sp³-hybridized carbons (Fsp3) is 0.286. The number of phenols is 1. The van der Waals surface area contributed by atoms with Crippen molar-refractivity contribution in [3.63, 3.8) is 0 Å². The number of aromatic nitrogens is 1. The van der Waals surface area contributed by atoms with E-state index in [-0.39, 0.29) is 64.6 Å². The average molecular weight is 749 g/mol. The molecule has 1 aliphatic rings. The molecule has 0 radical (unpaired) electrons. The van der Waals surface area contributed by atoms with Crippen molar-refractivity contribution in [2.75, 3.05) is 39.3 Å². The topological polar surface area (TPSA) is 202 Å². The van der Waals surface area contributed by atoms with Gasteiger partial charge >= 0.3 is 5.97 Å². The predicted octanol–water partition coefficient (Wildman–Crippen LogP) is 3.47. The molecule has 2 amide bonds. The van der Waals surface area contributed by atoms with Crippen LogP contribution in [0.1, 0.15) is 51.6 Å². The third-order valence-electron chi connectivity index (χ3n) is 10.0. The zero-order valence-corrected chi connectivity index (χ0v) is 30.1. The smallest absolute Gasteiger partial charge is 0.345 e. The van der Waals surface area contributed by atoms with Crippen molar-refractivity contribution in [1.29, 1.82) is 0 Å². The molecule has 13 nitrogen and oxygen atoms in total. The van der Waals surface area contributed by atoms with E-state index in [4.69, 9.17) is 4.74 Å². The summed E-state index contributed by atoms with van der Waals surface area (Å²) in [6, 6.07) is 27.6. The molecule has 0 spiro atoms. The molecule has 1 aromatic heterocycles. The van der Waals surface area contributed by atoms with Gasteiger partial charge in [-0.3, -0.25) is 14.4 Å². The number of piperidine rings is 1. The lowest BCUT2D eigenvalue weighted by Gasteiger charge is -2.32. The maximum absolute atomic E-state index is 13.2. The van der Waals surface area contributed by atoms with E-state index in [2.05, 4.69) is 15.6 Å². The number of carbonyl (C=O) groups excluding carboxylic acids is 2. The van der Waals surface area contributed by atoms with Gasteiger partial charge in [0.25, 0.3) is 11.8 Å². The second-order valence-electron chi connectivity index (χ2n) is 13.7. The number of aromatic hydroxyl groups is 1. The van der Waals surface area contributed by atoms with Gasteiger partial charge in [0.1, 0.15) is 11.5 Å². The minimum Gasteiger partial charge on any atom is -0.506 e. The van der Waals surface area contributed by atoms with Crippen LogP contribution in [0.5, 0.6) is 11.5 Å². The number of aliphatic hydroxyl groups is 2. The van der Waals surface area contributed by atoms with Crippen LogP contribution in [0.3, 0.4) is 0 Å². The van der Waals surface area contributed by atoms with Crippen LogP contribution in [0.4, 0.5) is 0 Å². The van der Waals surface area contributed by atoms with E-state index < -0.39 is 17.7 Å². The molecule has 0 bridgehead atoms. The summed E-state index contributed by atoms with van der Waals surface area (Å²) in [6.07, 6.45) is 1.29. The fourth-order valence-electron chi connectivity index (χ4n) is 6.83. The number of aliphatic carboxylic acids is 1. The van der Waals surface area contributed by atoms with Gasteiger partial charge < -0.3 is 45.7 Å². The number of aliphatic hydroxyl groups excluding tert-OH is 1. The number of aromatic amines is 1. The number of pyridine rings is 1. The number of amides is 2. The highest BCUT2D eigenvalue weighted by atomic mass is 16.5. The Bertz CT molecular complexity index is 2180. The number of fused-ring (bicyclic) bond motifs is 1. The number of hydrogen-bond acceptors (Lipinski definition) is 9. The van der Waals surface area contributed by atoms with E-state index >= 15 is 0 Å². The minimum absolute atomic E-state index is 0.0459. The number of phenolic OH excluding ortho intramolecular Hbond substituents is 1. The SMILES string of the molecule is O=C(COc1cccc([C@](O)(C(=O)O)c2ccccc2)c1)NCC1CCN(C(=O)c2ccc(CCNC[C@H](O)c3ccc(O)c4[nH]c(=O)ccc34)cc2)CC1. The van der Waals surface area contributed by atoms with Gasteiger partial charge in [0, 0.05) is 48.8 Å². The van der Waals surface area contributed by atoms with Crippen molar-refractivity contribution in [2.45, 2.75) is 31.0 Å². The van der Waals surface area contributed by atoms with Crippen LogP contribution in [0, 0.1) is 5.92 Å². The molecule has 2 heterocycles. The minimum atomic E-state index is -2.28. The first kappa shape index (κ1) is 38.7. The highest BCUT2D eigenvalue weighted by Crippen LogP contribution is 2.32. The number of nitrogens with one attached hydrogen (secondary N) is 3. The van der Waals surface area contributed by atoms with Crippen molar-refractivity contribution in [3.05, 3.63) is 141 Å². The van der Waals surface area contributed by atoms with Crippen molar-refractivity contribution in [2.24, 2.45) is 5.92 Å². The summed E-state index contributed by atoms with van der Waals surface area (Å²) in [4.78, 5) is 54.0. The number of H-pyrrole nitrogens is 1. The van der Waals surface area contributed by atoms with Gasteiger partial charge in [-0.2, -0.15) is 0 Å². The highest BCUT2D eigenvalue weighted by molar-refractivity contribution is 5.94. The number of benzene rings is 4. The summed E-state index contributed by atoms with van der Waals surface area (Å²) in [5.41, 5.74) is 0.194. The lowest BCUT2D eigenvalue weighted by molar-refractivity contribution is -0.155. The number of rotatable bonds is 15. The number of hydrogen-bond donors (Lipinski definition) is 7. The van der Waals surface area contributed by atoms with E-state index in [0.29, 0.717) is 49.1 Å². The van der Waals surface area contributed by atoms with E-state index in [1.54, 1.807) is 42.5 Å². The Balaban J connectivity index is 0.901. The van der Waals surface area contributed by atoms with Gasteiger partial charge in [0.2, 0.25) is 11.2 Å². The molecule has 5 aromatic rings. The van der Waals surface area contributed by atoms with E-state index in [9.17, 15) is 39.6 Å². The van der Waals surface area contributed by atoms with Crippen molar-refractivity contribution in [1.82, 2.24) is 20.5 Å². The van der Waals surface area contributed by atoms with Crippen LogP contribution < -0.4 is 20.9 Å². The Kier molecular flexibility index (Phi) is 12.3. The standard InChI is InChI=1S/C42H44N4O9/c47-35-15-13-33(34-14-16-37(49)45-39(34)35)36(48)25-43-20-17-27-9-11-29(12-10-27)40(51)46-21-18-28(19-22-46)24-44-38(50)26-55-32-8-4-7-31(23-32)42(54,41(52)53)30-5-2-1-3-6-30/h1-16,23,28,36,43,47-48,54H,17-22,24-26H2,(H,44,50)(H,45,49)(H,52,53)/t36-,42-/m0/s1. The number of nitrogens with zero attached hydrogens (tertiary/aromatic N) is 1. The molecule has 6 rings (SSSR count). The summed E-state index contributed by atoms with van der Waals surface area (Å²) in [5.74, 6) is -1.43. The molecule has 0 aliphatic carbocycles. The molecular formula is C42H44N4O9. The number of ether oxygens (including phenoxy) is 1. The molecule has 55 heavy (non-hydrogen) atoms. The maximum Gasteiger partial charge on any atom is 0.345 e. The Morgan fingerprint density at radius 1 is 0.909 bits per heavy atom. The number of carboxylic acids is 1. The Morgan fingerprint density at radius 3 is 2.36 bits per heavy atom. The van der Waals surface area contributed by atoms with Gasteiger partial charge in [-0.25, -0.2) is 4.79 Å². The molecule has 286 valence electrons. The largest absolute Gasteiger partial charge is 0.506 e. The molecule has 1 aliphatic heterocycles. The van der Waals surface area contributed by atoms with E-state index in [0.717, 1.165) is 18.4 Å². The molecule has 1 fully saturated rings. The van der Waals surface area contributed by atoms with Crippen molar-refractivity contribution >= 4 is 28.7 Å². The van der Waals surface area contributed by atoms with Crippen LogP contribution in [0.15, 0.2) is 108 Å². The molecule has 2 atom stereocenters. The first-order chi connectivity index (χ1) is 26.5. The van der Waals surface area contributed by atoms with Crippen LogP contribution >= 0.6 is 0 Å². The zero-order chi connectivity index (χ0) is 39.0. The third kappa shape index (κ3) is 9.20. The van der Waals surface area contributed by atoms with Crippen molar-refractivity contribution in [3.8, 4) is 11.5 Å². The summed E-state index contributed by atoms with van der Waals surface area (Å²) in [7, 11) is 0. The summed E-state index contributed by atoms with van der Waals surface area (Å²) in [5, 5.41) is 48.6. The highest BCUT2D eigenvalue weighted by Gasteiger charge is 2.40. The first-order valence-corrected chi connectivity index (χ1v) is 18.2. The fourth-order valence-corrected chi connectivity index (χ4v) is 6.83. The summed E-state index contributed by atoms with van der Waals surface area (Å²) < 4.78 is 5.64. The Morgan fingerprint density at radius 2 is 1.64 bits per heavy atom. The van der Waals surface area contributed by atoms with Gasteiger partial charge in [-0.05, 0) is 84.8 Å². The monoisotopic (exact) mass is 748 g/mol. The van der Waals surface area contributed by atoms with Gasteiger partial charge in [-0.1, -0.05) is 60.7 Å². The normalized spacial score (nSPS) is 14.9. The lowest BCUT2D eigenvalue weighted by Crippen LogP contribution is -2.42. The van der Waals surface area contributed by atoms with Gasteiger partial charge in [-0.15, -0.1) is 0 Å². The van der Waals surface area contributed by atoms with Gasteiger partial charge in [0.15, 0.2) is 6.61 Å². The van der Waals surface area contributed by atoms with Crippen molar-refractivity contribution < 1.29 is 39.5 Å². The molecule has 0 saturated carbocycles. The predicted molar refractivity (Wildman–Crippen MR) is 205 cm³/mol. The Labute approximate surface area is 317 Å². The number of carbonyl (C=O) groups is 3. The van der Waals surface area contributed by atoms with E-state index in [1.165, 1.54) is 36.4 Å². The lowest BCUT2D eigenvalue weighted by atomic mass is 9.86. The quantitative estimate of drug-likeness (QED) is 0.0778. The van der Waals surface area contributed by atoms with Crippen LogP contribution in [-0.4, -0.2) is 87.4 Å². The molecule has 7 N–H and O–H groups in total. The molecule has 13 heteroatoms. The second-order valence-corrected chi connectivity index (χ2v) is 13.7. The number of likely N-dealkylation sites (tertiary alicyclic amines) is 1. The first-order valence-electron chi connectivity index (χ1n) is 18.2. The van der Waals surface area contributed by atoms with Crippen LogP contribution in [0.2, 0.25) is 0 Å². The second kappa shape index (κ2) is 17.4. The average Bonchev–Trinajstić information content (AvgIpc) is 3.21. The van der Waals surface area contributed by atoms with E-state index in [1.807, 2.05) is 29.2 Å². The molecule has 0 unspecified atom stereocenters. The number of carboxylic acid groups (broad SMARTS) is 1. The maximum atomic E-state index is 13.2.